The average molecular weight is 411 g/mol. The van der Waals surface area contributed by atoms with Crippen molar-refractivity contribution in [1.82, 2.24) is 14.8 Å². The SMILES string of the molecule is Cc1nn(C)c2nc(-c3ccccc3)cc(C(=O)Nc3cccc(Cl)c3Cl)c12. The Bertz CT molecular complexity index is 1200. The molecule has 0 aliphatic heterocycles. The number of rotatable bonds is 3. The van der Waals surface area contributed by atoms with Crippen LogP contribution in [0.15, 0.2) is 54.6 Å². The summed E-state index contributed by atoms with van der Waals surface area (Å²) in [5.74, 6) is -0.301. The number of benzene rings is 2. The van der Waals surface area contributed by atoms with Crippen LogP contribution in [0.3, 0.4) is 0 Å². The Morgan fingerprint density at radius 2 is 1.82 bits per heavy atom. The minimum absolute atomic E-state index is 0.300. The predicted molar refractivity (Wildman–Crippen MR) is 113 cm³/mol. The molecule has 1 amide bonds. The van der Waals surface area contributed by atoms with E-state index in [1.165, 1.54) is 0 Å². The van der Waals surface area contributed by atoms with Crippen molar-refractivity contribution in [3.63, 3.8) is 0 Å². The van der Waals surface area contributed by atoms with Crippen LogP contribution in [-0.4, -0.2) is 20.7 Å². The fraction of sp³-hybridized carbons (Fsp3) is 0.0952. The first-order valence-corrected chi connectivity index (χ1v) is 9.36. The van der Waals surface area contributed by atoms with Gasteiger partial charge in [-0.2, -0.15) is 5.10 Å². The minimum Gasteiger partial charge on any atom is -0.321 e. The zero-order chi connectivity index (χ0) is 19.8. The van der Waals surface area contributed by atoms with Crippen molar-refractivity contribution in [2.45, 2.75) is 6.92 Å². The molecule has 4 aromatic rings. The number of nitrogens with one attached hydrogen (secondary N) is 1. The van der Waals surface area contributed by atoms with Crippen LogP contribution < -0.4 is 5.32 Å². The lowest BCUT2D eigenvalue weighted by molar-refractivity contribution is 0.102. The molecular formula is C21H16Cl2N4O. The molecule has 0 atom stereocenters. The van der Waals surface area contributed by atoms with E-state index in [0.717, 1.165) is 11.3 Å². The molecule has 0 unspecified atom stereocenters. The van der Waals surface area contributed by atoms with Gasteiger partial charge in [0.05, 0.1) is 38.1 Å². The first-order valence-electron chi connectivity index (χ1n) is 8.61. The molecule has 2 aromatic carbocycles. The first-order chi connectivity index (χ1) is 13.5. The number of fused-ring (bicyclic) bond motifs is 1. The van der Waals surface area contributed by atoms with Gasteiger partial charge < -0.3 is 5.32 Å². The molecule has 0 bridgehead atoms. The molecule has 140 valence electrons. The van der Waals surface area contributed by atoms with E-state index in [9.17, 15) is 4.79 Å². The van der Waals surface area contributed by atoms with Crippen LogP contribution in [0.2, 0.25) is 10.0 Å². The van der Waals surface area contributed by atoms with Gasteiger partial charge in [-0.1, -0.05) is 59.6 Å². The first kappa shape index (κ1) is 18.5. The van der Waals surface area contributed by atoms with Crippen molar-refractivity contribution in [2.24, 2.45) is 7.05 Å². The van der Waals surface area contributed by atoms with Gasteiger partial charge in [0.15, 0.2) is 5.65 Å². The molecule has 0 saturated heterocycles. The summed E-state index contributed by atoms with van der Waals surface area (Å²) in [5.41, 5.74) is 3.90. The number of amides is 1. The molecule has 5 nitrogen and oxygen atoms in total. The number of aryl methyl sites for hydroxylation is 2. The fourth-order valence-corrected chi connectivity index (χ4v) is 3.52. The predicted octanol–water partition coefficient (Wildman–Crippen LogP) is 5.50. The third kappa shape index (κ3) is 3.23. The highest BCUT2D eigenvalue weighted by molar-refractivity contribution is 6.44. The molecule has 0 saturated carbocycles. The van der Waals surface area contributed by atoms with Gasteiger partial charge in [-0.15, -0.1) is 0 Å². The zero-order valence-electron chi connectivity index (χ0n) is 15.2. The van der Waals surface area contributed by atoms with Gasteiger partial charge in [-0.25, -0.2) is 4.98 Å². The molecule has 1 N–H and O–H groups in total. The molecule has 4 rings (SSSR count). The van der Waals surface area contributed by atoms with E-state index in [1.54, 1.807) is 28.9 Å². The minimum atomic E-state index is -0.301. The Labute approximate surface area is 171 Å². The van der Waals surface area contributed by atoms with Crippen molar-refractivity contribution in [3.8, 4) is 11.3 Å². The molecule has 28 heavy (non-hydrogen) atoms. The van der Waals surface area contributed by atoms with Gasteiger partial charge in [0.2, 0.25) is 0 Å². The van der Waals surface area contributed by atoms with Crippen molar-refractivity contribution >= 4 is 45.8 Å². The van der Waals surface area contributed by atoms with Crippen molar-refractivity contribution in [1.29, 1.82) is 0 Å². The van der Waals surface area contributed by atoms with E-state index < -0.39 is 0 Å². The summed E-state index contributed by atoms with van der Waals surface area (Å²) in [6.45, 7) is 1.86. The number of aromatic nitrogens is 3. The summed E-state index contributed by atoms with van der Waals surface area (Å²) in [6, 6.07) is 16.6. The molecule has 7 heteroatoms. The van der Waals surface area contributed by atoms with Crippen LogP contribution in [0, 0.1) is 6.92 Å². The second kappa shape index (κ2) is 7.26. The Morgan fingerprint density at radius 1 is 1.07 bits per heavy atom. The highest BCUT2D eigenvalue weighted by Crippen LogP contribution is 2.31. The van der Waals surface area contributed by atoms with Crippen LogP contribution in [0.1, 0.15) is 16.1 Å². The van der Waals surface area contributed by atoms with Crippen molar-refractivity contribution in [3.05, 3.63) is 75.9 Å². The van der Waals surface area contributed by atoms with Gasteiger partial charge in [0, 0.05) is 12.6 Å². The summed E-state index contributed by atoms with van der Waals surface area (Å²) in [5, 5.41) is 8.67. The quantitative estimate of drug-likeness (QED) is 0.484. The number of carbonyl (C=O) groups is 1. The second-order valence-electron chi connectivity index (χ2n) is 6.38. The van der Waals surface area contributed by atoms with Crippen LogP contribution in [0.4, 0.5) is 5.69 Å². The summed E-state index contributed by atoms with van der Waals surface area (Å²) < 4.78 is 1.68. The Kier molecular flexibility index (Phi) is 4.79. The number of pyridine rings is 1. The second-order valence-corrected chi connectivity index (χ2v) is 7.17. The number of hydrogen-bond donors (Lipinski definition) is 1. The highest BCUT2D eigenvalue weighted by atomic mass is 35.5. The number of carbonyl (C=O) groups excluding carboxylic acids is 1. The molecule has 0 spiro atoms. The molecule has 2 heterocycles. The number of anilines is 1. The molecule has 0 aliphatic carbocycles. The smallest absolute Gasteiger partial charge is 0.256 e. The van der Waals surface area contributed by atoms with Gasteiger partial charge in [-0.3, -0.25) is 9.48 Å². The maximum Gasteiger partial charge on any atom is 0.256 e. The van der Waals surface area contributed by atoms with Crippen molar-refractivity contribution in [2.75, 3.05) is 5.32 Å². The van der Waals surface area contributed by atoms with Gasteiger partial charge in [0.25, 0.3) is 5.91 Å². The number of hydrogen-bond acceptors (Lipinski definition) is 3. The van der Waals surface area contributed by atoms with Crippen molar-refractivity contribution < 1.29 is 4.79 Å². The third-order valence-corrected chi connectivity index (χ3v) is 5.30. The number of nitrogens with zero attached hydrogens (tertiary/aromatic N) is 3. The van der Waals surface area contributed by atoms with E-state index in [1.807, 2.05) is 44.3 Å². The van der Waals surface area contributed by atoms with Crippen LogP contribution >= 0.6 is 23.2 Å². The lowest BCUT2D eigenvalue weighted by atomic mass is 10.0. The maximum atomic E-state index is 13.2. The Morgan fingerprint density at radius 3 is 2.57 bits per heavy atom. The molecule has 0 aliphatic rings. The van der Waals surface area contributed by atoms with E-state index in [0.29, 0.717) is 38.0 Å². The summed E-state index contributed by atoms with van der Waals surface area (Å²) in [6.07, 6.45) is 0. The number of halogens is 2. The van der Waals surface area contributed by atoms with Gasteiger partial charge >= 0.3 is 0 Å². The lowest BCUT2D eigenvalue weighted by Crippen LogP contribution is -2.13. The maximum absolute atomic E-state index is 13.2. The Hall–Kier alpha value is -2.89. The lowest BCUT2D eigenvalue weighted by Gasteiger charge is -2.11. The normalized spacial score (nSPS) is 11.0. The van der Waals surface area contributed by atoms with Crippen LogP contribution in [-0.2, 0) is 7.05 Å². The van der Waals surface area contributed by atoms with Crippen LogP contribution in [0.5, 0.6) is 0 Å². The summed E-state index contributed by atoms with van der Waals surface area (Å²) in [7, 11) is 1.81. The zero-order valence-corrected chi connectivity index (χ0v) is 16.7. The van der Waals surface area contributed by atoms with E-state index in [-0.39, 0.29) is 5.91 Å². The van der Waals surface area contributed by atoms with E-state index >= 15 is 0 Å². The molecule has 2 aromatic heterocycles. The fourth-order valence-electron chi connectivity index (χ4n) is 3.17. The van der Waals surface area contributed by atoms with Crippen LogP contribution in [0.25, 0.3) is 22.3 Å². The highest BCUT2D eigenvalue weighted by Gasteiger charge is 2.20. The van der Waals surface area contributed by atoms with E-state index in [2.05, 4.69) is 10.4 Å². The molecule has 0 fully saturated rings. The topological polar surface area (TPSA) is 59.8 Å². The monoisotopic (exact) mass is 410 g/mol. The van der Waals surface area contributed by atoms with Gasteiger partial charge in [0.1, 0.15) is 0 Å². The van der Waals surface area contributed by atoms with E-state index in [4.69, 9.17) is 28.2 Å². The van der Waals surface area contributed by atoms with Gasteiger partial charge in [-0.05, 0) is 25.1 Å². The summed E-state index contributed by atoms with van der Waals surface area (Å²) in [4.78, 5) is 17.9. The summed E-state index contributed by atoms with van der Waals surface area (Å²) >= 11 is 12.3. The Balaban J connectivity index is 1.87. The molecule has 0 radical (unpaired) electrons. The molecular weight excluding hydrogens is 395 g/mol. The standard InChI is InChI=1S/C21H16Cl2N4O/c1-12-18-14(21(28)25-16-10-6-9-15(22)19(16)23)11-17(13-7-4-3-5-8-13)24-20(18)27(2)26-12/h3-11H,1-2H3,(H,25,28). The largest absolute Gasteiger partial charge is 0.321 e. The average Bonchev–Trinajstić information content (AvgIpc) is 2.99. The third-order valence-electron chi connectivity index (χ3n) is 4.48.